The lowest BCUT2D eigenvalue weighted by atomic mass is 10.1. The van der Waals surface area contributed by atoms with Crippen LogP contribution in [0, 0.1) is 0 Å². The van der Waals surface area contributed by atoms with Crippen molar-refractivity contribution in [2.45, 2.75) is 38.5 Å². The number of H-pyrrole nitrogens is 1. The Hall–Kier alpha value is -2.70. The van der Waals surface area contributed by atoms with Gasteiger partial charge in [-0.2, -0.15) is 5.10 Å². The van der Waals surface area contributed by atoms with Gasteiger partial charge in [0.15, 0.2) is 11.6 Å². The normalized spacial score (nSPS) is 10.4. The number of carbonyl (C=O) groups is 2. The number of nitrogens with one attached hydrogen (secondary N) is 2. The fourth-order valence-electron chi connectivity index (χ4n) is 2.21. The van der Waals surface area contributed by atoms with E-state index in [1.807, 2.05) is 12.1 Å². The molecule has 0 saturated heterocycles. The molecular formula is C16H21N5O2. The fourth-order valence-corrected chi connectivity index (χ4v) is 2.21. The molecule has 7 heteroatoms. The Bertz CT molecular complexity index is 640. The van der Waals surface area contributed by atoms with E-state index in [1.54, 1.807) is 12.1 Å². The van der Waals surface area contributed by atoms with Crippen molar-refractivity contribution in [1.82, 2.24) is 15.2 Å². The number of rotatable bonds is 9. The highest BCUT2D eigenvalue weighted by Crippen LogP contribution is 2.17. The lowest BCUT2D eigenvalue weighted by Gasteiger charge is -2.07. The number of benzene rings is 1. The minimum atomic E-state index is -0.0411. The summed E-state index contributed by atoms with van der Waals surface area (Å²) in [5.74, 6) is 0.241. The first-order chi connectivity index (χ1) is 11.2. The number of nitrogens with two attached hydrogens (primary N) is 1. The molecule has 2 rings (SSSR count). The molecule has 0 fully saturated rings. The van der Waals surface area contributed by atoms with E-state index < -0.39 is 0 Å². The fraction of sp³-hybridized carbons (Fsp3) is 0.375. The molecule has 1 amide bonds. The van der Waals surface area contributed by atoms with Crippen LogP contribution < -0.4 is 11.1 Å². The van der Waals surface area contributed by atoms with Crippen molar-refractivity contribution in [3.63, 3.8) is 0 Å². The molecule has 0 unspecified atom stereocenters. The monoisotopic (exact) mass is 315 g/mol. The van der Waals surface area contributed by atoms with Crippen LogP contribution >= 0.6 is 0 Å². The van der Waals surface area contributed by atoms with Crippen LogP contribution in [0.1, 0.15) is 49.1 Å². The van der Waals surface area contributed by atoms with Crippen LogP contribution in [0.25, 0.3) is 0 Å². The summed E-state index contributed by atoms with van der Waals surface area (Å²) in [4.78, 5) is 27.3. The minimum absolute atomic E-state index is 0.0280. The molecule has 0 aliphatic rings. The Labute approximate surface area is 134 Å². The lowest BCUT2D eigenvalue weighted by molar-refractivity contribution is -0.116. The molecule has 0 radical (unpaired) electrons. The summed E-state index contributed by atoms with van der Waals surface area (Å²) in [5.41, 5.74) is 6.98. The first-order valence-corrected chi connectivity index (χ1v) is 7.69. The van der Waals surface area contributed by atoms with Crippen LogP contribution in [0.15, 0.2) is 30.6 Å². The summed E-state index contributed by atoms with van der Waals surface area (Å²) in [6, 6.07) is 7.19. The lowest BCUT2D eigenvalue weighted by Crippen LogP contribution is -2.12. The maximum Gasteiger partial charge on any atom is 0.224 e. The van der Waals surface area contributed by atoms with Gasteiger partial charge in [0.2, 0.25) is 5.91 Å². The van der Waals surface area contributed by atoms with Gasteiger partial charge in [0.05, 0.1) is 11.4 Å². The van der Waals surface area contributed by atoms with Crippen LogP contribution in [-0.2, 0) is 4.79 Å². The van der Waals surface area contributed by atoms with Crippen molar-refractivity contribution in [1.29, 1.82) is 0 Å². The first kappa shape index (κ1) is 16.7. The number of aromatic nitrogens is 3. The highest BCUT2D eigenvalue weighted by atomic mass is 16.1. The average Bonchev–Trinajstić information content (AvgIpc) is 3.07. The van der Waals surface area contributed by atoms with Crippen molar-refractivity contribution in [2.24, 2.45) is 0 Å². The van der Waals surface area contributed by atoms with Gasteiger partial charge in [0, 0.05) is 12.8 Å². The number of nitrogens with zero attached hydrogens (tertiary/aromatic N) is 2. The van der Waals surface area contributed by atoms with Gasteiger partial charge in [-0.15, -0.1) is 0 Å². The van der Waals surface area contributed by atoms with Crippen molar-refractivity contribution in [3.8, 4) is 0 Å². The van der Waals surface area contributed by atoms with Crippen molar-refractivity contribution >= 4 is 23.1 Å². The molecule has 1 aromatic carbocycles. The molecule has 0 atom stereocenters. The number of Topliss-reactive ketones (excluding diaryl/α,β-unsaturated/α-hetero) is 1. The van der Waals surface area contributed by atoms with E-state index in [9.17, 15) is 9.59 Å². The molecule has 2 aromatic rings. The molecule has 0 spiro atoms. The zero-order valence-corrected chi connectivity index (χ0v) is 12.9. The van der Waals surface area contributed by atoms with Crippen LogP contribution in [-0.4, -0.2) is 26.9 Å². The Morgan fingerprint density at radius 3 is 2.52 bits per heavy atom. The highest BCUT2D eigenvalue weighted by Gasteiger charge is 2.08. The number of carbonyl (C=O) groups excluding carboxylic acids is 2. The molecule has 0 aliphatic carbocycles. The third-order valence-corrected chi connectivity index (χ3v) is 3.47. The summed E-state index contributed by atoms with van der Waals surface area (Å²) in [7, 11) is 0. The number of ketones is 1. The van der Waals surface area contributed by atoms with E-state index in [0.29, 0.717) is 30.0 Å². The van der Waals surface area contributed by atoms with E-state index in [-0.39, 0.29) is 11.7 Å². The van der Waals surface area contributed by atoms with E-state index >= 15 is 0 Å². The van der Waals surface area contributed by atoms with Gasteiger partial charge in [-0.1, -0.05) is 25.0 Å². The van der Waals surface area contributed by atoms with Gasteiger partial charge in [-0.25, -0.2) is 4.98 Å². The summed E-state index contributed by atoms with van der Waals surface area (Å²) in [6.07, 6.45) is 5.60. The number of anilines is 2. The number of amides is 1. The molecule has 0 saturated carbocycles. The summed E-state index contributed by atoms with van der Waals surface area (Å²) in [5, 5.41) is 9.01. The number of hydrogen-bond donors (Lipinski definition) is 3. The Kier molecular flexibility index (Phi) is 6.28. The minimum Gasteiger partial charge on any atom is -0.397 e. The van der Waals surface area contributed by atoms with Gasteiger partial charge in [0.25, 0.3) is 0 Å². The topological polar surface area (TPSA) is 114 Å². The largest absolute Gasteiger partial charge is 0.397 e. The van der Waals surface area contributed by atoms with E-state index in [0.717, 1.165) is 25.7 Å². The maximum atomic E-state index is 11.8. The van der Waals surface area contributed by atoms with Crippen LogP contribution in [0.5, 0.6) is 0 Å². The average molecular weight is 315 g/mol. The second-order valence-electron chi connectivity index (χ2n) is 5.31. The number of aromatic amines is 1. The number of unbranched alkanes of at least 4 members (excludes halogenated alkanes) is 3. The van der Waals surface area contributed by atoms with Crippen LogP contribution in [0.2, 0.25) is 0 Å². The van der Waals surface area contributed by atoms with Crippen LogP contribution in [0.4, 0.5) is 11.4 Å². The first-order valence-electron chi connectivity index (χ1n) is 7.69. The highest BCUT2D eigenvalue weighted by molar-refractivity contribution is 5.93. The number of hydrogen-bond acceptors (Lipinski definition) is 5. The maximum absolute atomic E-state index is 11.8. The third-order valence-electron chi connectivity index (χ3n) is 3.47. The Balaban J connectivity index is 1.56. The SMILES string of the molecule is Nc1ccccc1NC(=O)CCCCCCC(=O)c1ncn[nH]1. The van der Waals surface area contributed by atoms with Crippen LogP contribution in [0.3, 0.4) is 0 Å². The van der Waals surface area contributed by atoms with E-state index in [4.69, 9.17) is 5.73 Å². The molecule has 122 valence electrons. The summed E-state index contributed by atoms with van der Waals surface area (Å²) < 4.78 is 0. The molecule has 1 aromatic heterocycles. The van der Waals surface area contributed by atoms with Crippen molar-refractivity contribution in [3.05, 3.63) is 36.4 Å². The predicted molar refractivity (Wildman–Crippen MR) is 87.9 cm³/mol. The molecule has 4 N–H and O–H groups in total. The number of nitrogen functional groups attached to an aromatic ring is 1. The van der Waals surface area contributed by atoms with Crippen molar-refractivity contribution < 1.29 is 9.59 Å². The predicted octanol–water partition coefficient (Wildman–Crippen LogP) is 2.55. The Morgan fingerprint density at radius 1 is 1.09 bits per heavy atom. The zero-order valence-electron chi connectivity index (χ0n) is 12.9. The number of para-hydroxylation sites is 2. The molecule has 23 heavy (non-hydrogen) atoms. The molecular weight excluding hydrogens is 294 g/mol. The second kappa shape index (κ2) is 8.67. The Morgan fingerprint density at radius 2 is 1.83 bits per heavy atom. The zero-order chi connectivity index (χ0) is 16.5. The molecule has 1 heterocycles. The van der Waals surface area contributed by atoms with Gasteiger partial charge in [-0.05, 0) is 25.0 Å². The quantitative estimate of drug-likeness (QED) is 0.374. The summed E-state index contributed by atoms with van der Waals surface area (Å²) in [6.45, 7) is 0. The summed E-state index contributed by atoms with van der Waals surface area (Å²) >= 11 is 0. The molecule has 0 aliphatic heterocycles. The van der Waals surface area contributed by atoms with Gasteiger partial charge in [-0.3, -0.25) is 14.7 Å². The van der Waals surface area contributed by atoms with E-state index in [2.05, 4.69) is 20.5 Å². The second-order valence-corrected chi connectivity index (χ2v) is 5.31. The molecule has 7 nitrogen and oxygen atoms in total. The van der Waals surface area contributed by atoms with Gasteiger partial charge >= 0.3 is 0 Å². The standard InChI is InChI=1S/C16H21N5O2/c17-12-7-5-6-8-13(12)20-15(23)10-4-2-1-3-9-14(22)16-18-11-19-21-16/h5-8,11H,1-4,9-10,17H2,(H,20,23)(H,18,19,21). The smallest absolute Gasteiger partial charge is 0.224 e. The third kappa shape index (κ3) is 5.54. The van der Waals surface area contributed by atoms with E-state index in [1.165, 1.54) is 6.33 Å². The van der Waals surface area contributed by atoms with Gasteiger partial charge in [0.1, 0.15) is 6.33 Å². The van der Waals surface area contributed by atoms with Crippen molar-refractivity contribution in [2.75, 3.05) is 11.1 Å². The molecule has 0 bridgehead atoms. The van der Waals surface area contributed by atoms with Gasteiger partial charge < -0.3 is 11.1 Å².